The zero-order chi connectivity index (χ0) is 28.2. The number of furan rings is 1. The van der Waals surface area contributed by atoms with Crippen molar-refractivity contribution in [3.05, 3.63) is 141 Å². The molecule has 196 valence electrons. The second kappa shape index (κ2) is 8.30. The summed E-state index contributed by atoms with van der Waals surface area (Å²) in [7, 11) is 0. The maximum absolute atomic E-state index is 9.90. The molecule has 9 rings (SSSR count). The lowest BCUT2D eigenvalue weighted by atomic mass is 9.70. The van der Waals surface area contributed by atoms with Crippen LogP contribution in [0.1, 0.15) is 27.8 Å². The lowest BCUT2D eigenvalue weighted by molar-refractivity contribution is 0.666. The molecule has 0 radical (unpaired) electrons. The SMILES string of the molecule is N#Cc1ccc2c(c1)C1(c3ccccc3-c3ccccc31)c1cc(-c3ccc4oc5c(Cl)nc(Cl)nc5c4c3)ccc1-2. The van der Waals surface area contributed by atoms with Crippen molar-refractivity contribution in [1.29, 1.82) is 5.26 Å². The first-order chi connectivity index (χ1) is 20.6. The van der Waals surface area contributed by atoms with Crippen LogP contribution in [-0.2, 0) is 5.41 Å². The van der Waals surface area contributed by atoms with E-state index >= 15 is 0 Å². The van der Waals surface area contributed by atoms with E-state index in [-0.39, 0.29) is 10.4 Å². The third kappa shape index (κ3) is 2.92. The molecule has 1 spiro atoms. The fraction of sp³-hybridized carbons (Fsp3) is 0.0278. The molecule has 0 aliphatic heterocycles. The van der Waals surface area contributed by atoms with Gasteiger partial charge < -0.3 is 4.42 Å². The van der Waals surface area contributed by atoms with Crippen molar-refractivity contribution in [2.45, 2.75) is 5.41 Å². The first kappa shape index (κ1) is 23.7. The van der Waals surface area contributed by atoms with Gasteiger partial charge in [0.15, 0.2) is 10.7 Å². The zero-order valence-corrected chi connectivity index (χ0v) is 23.3. The quantitative estimate of drug-likeness (QED) is 0.144. The highest BCUT2D eigenvalue weighted by atomic mass is 35.5. The summed E-state index contributed by atoms with van der Waals surface area (Å²) in [6.07, 6.45) is 0. The van der Waals surface area contributed by atoms with Gasteiger partial charge in [-0.1, -0.05) is 84.4 Å². The fourth-order valence-electron chi connectivity index (χ4n) is 7.15. The molecule has 0 unspecified atom stereocenters. The molecular formula is C36H17Cl2N3O. The van der Waals surface area contributed by atoms with Gasteiger partial charge in [-0.15, -0.1) is 0 Å². The smallest absolute Gasteiger partial charge is 0.224 e. The largest absolute Gasteiger partial charge is 0.451 e. The molecule has 4 nitrogen and oxygen atoms in total. The van der Waals surface area contributed by atoms with E-state index < -0.39 is 5.41 Å². The summed E-state index contributed by atoms with van der Waals surface area (Å²) >= 11 is 12.5. The summed E-state index contributed by atoms with van der Waals surface area (Å²) in [6, 6.07) is 38.5. The molecule has 0 amide bonds. The number of hydrogen-bond donors (Lipinski definition) is 0. The van der Waals surface area contributed by atoms with Crippen LogP contribution in [0.4, 0.5) is 0 Å². The molecule has 0 saturated carbocycles. The monoisotopic (exact) mass is 577 g/mol. The van der Waals surface area contributed by atoms with Gasteiger partial charge in [-0.2, -0.15) is 5.26 Å². The van der Waals surface area contributed by atoms with Crippen LogP contribution in [0.3, 0.4) is 0 Å². The third-order valence-corrected chi connectivity index (χ3v) is 9.22. The number of rotatable bonds is 1. The summed E-state index contributed by atoms with van der Waals surface area (Å²) in [4.78, 5) is 8.45. The second-order valence-electron chi connectivity index (χ2n) is 10.7. The van der Waals surface area contributed by atoms with E-state index in [4.69, 9.17) is 27.6 Å². The van der Waals surface area contributed by atoms with Crippen molar-refractivity contribution >= 4 is 45.3 Å². The normalized spacial score (nSPS) is 13.6. The first-order valence-electron chi connectivity index (χ1n) is 13.5. The van der Waals surface area contributed by atoms with Gasteiger partial charge >= 0.3 is 0 Å². The van der Waals surface area contributed by atoms with Gasteiger partial charge in [-0.3, -0.25) is 0 Å². The maximum atomic E-state index is 9.90. The van der Waals surface area contributed by atoms with Crippen molar-refractivity contribution < 1.29 is 4.42 Å². The van der Waals surface area contributed by atoms with Crippen LogP contribution in [0.15, 0.2) is 108 Å². The number of hydrogen-bond acceptors (Lipinski definition) is 4. The minimum atomic E-state index is -0.540. The molecule has 6 heteroatoms. The summed E-state index contributed by atoms with van der Waals surface area (Å²) < 4.78 is 5.98. The molecule has 0 N–H and O–H groups in total. The molecule has 42 heavy (non-hydrogen) atoms. The van der Waals surface area contributed by atoms with E-state index in [1.54, 1.807) is 0 Å². The third-order valence-electron chi connectivity index (χ3n) is 8.80. The minimum Gasteiger partial charge on any atom is -0.451 e. The van der Waals surface area contributed by atoms with Crippen molar-refractivity contribution in [3.63, 3.8) is 0 Å². The number of benzene rings is 5. The highest BCUT2D eigenvalue weighted by Crippen LogP contribution is 2.63. The van der Waals surface area contributed by atoms with Gasteiger partial charge in [0.2, 0.25) is 5.28 Å². The number of nitriles is 1. The van der Waals surface area contributed by atoms with E-state index in [1.807, 2.05) is 12.1 Å². The molecule has 0 saturated heterocycles. The van der Waals surface area contributed by atoms with Crippen LogP contribution in [0, 0.1) is 11.3 Å². The molecule has 2 aromatic heterocycles. The predicted octanol–water partition coefficient (Wildman–Crippen LogP) is 9.56. The Morgan fingerprint density at radius 1 is 0.643 bits per heavy atom. The minimum absolute atomic E-state index is 0.0770. The van der Waals surface area contributed by atoms with Gasteiger partial charge in [-0.05, 0) is 97.6 Å². The Hall–Kier alpha value is -4.95. The molecule has 5 aromatic carbocycles. The van der Waals surface area contributed by atoms with Crippen LogP contribution in [0.5, 0.6) is 0 Å². The van der Waals surface area contributed by atoms with Gasteiger partial charge in [0.05, 0.1) is 17.0 Å². The second-order valence-corrected chi connectivity index (χ2v) is 11.4. The molecule has 2 aliphatic rings. The lowest BCUT2D eigenvalue weighted by Gasteiger charge is -2.30. The Bertz CT molecular complexity index is 2320. The van der Waals surface area contributed by atoms with Crippen LogP contribution in [0.2, 0.25) is 10.4 Å². The number of halogens is 2. The number of nitrogens with zero attached hydrogens (tertiary/aromatic N) is 3. The zero-order valence-electron chi connectivity index (χ0n) is 21.8. The van der Waals surface area contributed by atoms with Crippen LogP contribution in [0.25, 0.3) is 55.4 Å². The Kier molecular flexibility index (Phi) is 4.69. The van der Waals surface area contributed by atoms with Gasteiger partial charge in [-0.25, -0.2) is 9.97 Å². The van der Waals surface area contributed by atoms with E-state index in [9.17, 15) is 5.26 Å². The molecule has 2 heterocycles. The topological polar surface area (TPSA) is 62.7 Å². The van der Waals surface area contributed by atoms with Crippen LogP contribution >= 0.6 is 23.2 Å². The molecule has 0 fully saturated rings. The van der Waals surface area contributed by atoms with E-state index in [0.29, 0.717) is 22.2 Å². The summed E-state index contributed by atoms with van der Waals surface area (Å²) in [5.41, 5.74) is 13.4. The van der Waals surface area contributed by atoms with Crippen LogP contribution < -0.4 is 0 Å². The van der Waals surface area contributed by atoms with Crippen LogP contribution in [-0.4, -0.2) is 9.97 Å². The first-order valence-corrected chi connectivity index (χ1v) is 14.3. The standard InChI is InChI=1S/C36H17Cl2N3O/c37-34-33-32(40-35(38)41-34)26-16-20(11-14-31(26)42-33)21-10-13-25-24-12-9-19(18-39)15-29(24)36(30(25)17-21)27-7-3-1-5-22(27)23-6-2-4-8-28(23)36/h1-17H. The molecule has 7 aromatic rings. The predicted molar refractivity (Wildman–Crippen MR) is 166 cm³/mol. The number of fused-ring (bicyclic) bond motifs is 13. The Labute approximate surface area is 250 Å². The van der Waals surface area contributed by atoms with Crippen molar-refractivity contribution in [3.8, 4) is 39.4 Å². The van der Waals surface area contributed by atoms with Crippen molar-refractivity contribution in [2.24, 2.45) is 0 Å². The van der Waals surface area contributed by atoms with Gasteiger partial charge in [0, 0.05) is 5.39 Å². The van der Waals surface area contributed by atoms with E-state index in [2.05, 4.69) is 107 Å². The van der Waals surface area contributed by atoms with Gasteiger partial charge in [0.25, 0.3) is 0 Å². The average molecular weight is 578 g/mol. The highest BCUT2D eigenvalue weighted by molar-refractivity contribution is 6.36. The molecular weight excluding hydrogens is 561 g/mol. The summed E-state index contributed by atoms with van der Waals surface area (Å²) in [5.74, 6) is 0. The summed E-state index contributed by atoms with van der Waals surface area (Å²) in [5, 5.41) is 11.0. The Morgan fingerprint density at radius 3 is 2.00 bits per heavy atom. The highest BCUT2D eigenvalue weighted by Gasteiger charge is 2.51. The van der Waals surface area contributed by atoms with E-state index in [0.717, 1.165) is 27.6 Å². The molecule has 0 bridgehead atoms. The van der Waals surface area contributed by atoms with E-state index in [1.165, 1.54) is 33.4 Å². The van der Waals surface area contributed by atoms with Crippen molar-refractivity contribution in [1.82, 2.24) is 9.97 Å². The molecule has 2 aliphatic carbocycles. The fourth-order valence-corrected chi connectivity index (χ4v) is 7.57. The Morgan fingerprint density at radius 2 is 1.26 bits per heavy atom. The Balaban J connectivity index is 1.35. The summed E-state index contributed by atoms with van der Waals surface area (Å²) in [6.45, 7) is 0. The number of aromatic nitrogens is 2. The van der Waals surface area contributed by atoms with Crippen molar-refractivity contribution in [2.75, 3.05) is 0 Å². The average Bonchev–Trinajstić information content (AvgIpc) is 3.64. The lowest BCUT2D eigenvalue weighted by Crippen LogP contribution is -2.26. The van der Waals surface area contributed by atoms with Gasteiger partial charge in [0.1, 0.15) is 11.1 Å². The maximum Gasteiger partial charge on any atom is 0.224 e. The molecule has 0 atom stereocenters.